The number of aromatic nitrogens is 1. The molecular formula is C21H20N2O2. The van der Waals surface area contributed by atoms with Gasteiger partial charge >= 0.3 is 0 Å². The molecule has 0 N–H and O–H groups in total. The molecule has 4 heteroatoms. The maximum Gasteiger partial charge on any atom is 0.256 e. The number of ether oxygens (including phenoxy) is 1. The van der Waals surface area contributed by atoms with Crippen LogP contribution in [0.3, 0.4) is 0 Å². The van der Waals surface area contributed by atoms with Crippen molar-refractivity contribution < 1.29 is 9.53 Å². The number of amides is 1. The highest BCUT2D eigenvalue weighted by Gasteiger charge is 2.17. The normalized spacial score (nSPS) is 10.3. The zero-order chi connectivity index (χ0) is 17.5. The Morgan fingerprint density at radius 2 is 1.44 bits per heavy atom. The highest BCUT2D eigenvalue weighted by Crippen LogP contribution is 2.15. The highest BCUT2D eigenvalue weighted by atomic mass is 16.5. The summed E-state index contributed by atoms with van der Waals surface area (Å²) in [5.74, 6) is 0.442. The fraction of sp³-hybridized carbons (Fsp3) is 0.143. The number of carbonyl (C=O) groups excluding carboxylic acids is 1. The third-order valence-electron chi connectivity index (χ3n) is 3.91. The van der Waals surface area contributed by atoms with Gasteiger partial charge in [0.25, 0.3) is 5.91 Å². The van der Waals surface area contributed by atoms with E-state index in [2.05, 4.69) is 4.98 Å². The smallest absolute Gasteiger partial charge is 0.256 e. The monoisotopic (exact) mass is 332 g/mol. The van der Waals surface area contributed by atoms with E-state index < -0.39 is 0 Å². The zero-order valence-corrected chi connectivity index (χ0v) is 14.1. The molecule has 0 atom stereocenters. The Kier molecular flexibility index (Phi) is 5.42. The average molecular weight is 332 g/mol. The maximum atomic E-state index is 13.0. The van der Waals surface area contributed by atoms with Gasteiger partial charge in [0, 0.05) is 25.4 Å². The van der Waals surface area contributed by atoms with Crippen LogP contribution < -0.4 is 4.74 Å². The van der Waals surface area contributed by atoms with E-state index in [0.29, 0.717) is 24.5 Å². The molecule has 4 nitrogen and oxygen atoms in total. The third kappa shape index (κ3) is 4.44. The fourth-order valence-electron chi connectivity index (χ4n) is 2.62. The number of carbonyl (C=O) groups is 1. The third-order valence-corrected chi connectivity index (χ3v) is 3.91. The van der Waals surface area contributed by atoms with Crippen LogP contribution in [0.25, 0.3) is 0 Å². The van der Waals surface area contributed by atoms with Crippen molar-refractivity contribution in [2.45, 2.75) is 13.1 Å². The molecule has 0 spiro atoms. The van der Waals surface area contributed by atoms with Crippen LogP contribution in [0.4, 0.5) is 0 Å². The van der Waals surface area contributed by atoms with Crippen LogP contribution in [0.2, 0.25) is 0 Å². The summed E-state index contributed by atoms with van der Waals surface area (Å²) >= 11 is 0. The minimum atomic E-state index is -0.0529. The Morgan fingerprint density at radius 3 is 1.88 bits per heavy atom. The van der Waals surface area contributed by atoms with E-state index in [-0.39, 0.29) is 5.91 Å². The van der Waals surface area contributed by atoms with Crippen LogP contribution in [0.1, 0.15) is 21.5 Å². The maximum absolute atomic E-state index is 13.0. The summed E-state index contributed by atoms with van der Waals surface area (Å²) in [7, 11) is 1.56. The summed E-state index contributed by atoms with van der Waals surface area (Å²) in [5.41, 5.74) is 2.73. The Hall–Kier alpha value is -3.14. The first-order valence-electron chi connectivity index (χ1n) is 8.13. The van der Waals surface area contributed by atoms with Gasteiger partial charge in [-0.15, -0.1) is 0 Å². The van der Waals surface area contributed by atoms with Crippen LogP contribution in [0, 0.1) is 0 Å². The molecule has 0 unspecified atom stereocenters. The van der Waals surface area contributed by atoms with Crippen molar-refractivity contribution in [2.75, 3.05) is 7.11 Å². The molecule has 0 radical (unpaired) electrons. The predicted octanol–water partition coefficient (Wildman–Crippen LogP) is 3.93. The largest absolute Gasteiger partial charge is 0.481 e. The van der Waals surface area contributed by atoms with Gasteiger partial charge in [-0.25, -0.2) is 4.98 Å². The molecule has 1 amide bonds. The Morgan fingerprint density at radius 1 is 0.880 bits per heavy atom. The van der Waals surface area contributed by atoms with E-state index in [1.807, 2.05) is 65.6 Å². The van der Waals surface area contributed by atoms with Gasteiger partial charge in [0.2, 0.25) is 5.88 Å². The predicted molar refractivity (Wildman–Crippen MR) is 97.3 cm³/mol. The van der Waals surface area contributed by atoms with Gasteiger partial charge in [-0.2, -0.15) is 0 Å². The molecule has 2 aromatic carbocycles. The molecular weight excluding hydrogens is 312 g/mol. The van der Waals surface area contributed by atoms with Crippen LogP contribution >= 0.6 is 0 Å². The van der Waals surface area contributed by atoms with Gasteiger partial charge < -0.3 is 9.64 Å². The quantitative estimate of drug-likeness (QED) is 0.687. The molecule has 0 bridgehead atoms. The molecule has 0 fully saturated rings. The number of benzene rings is 2. The van der Waals surface area contributed by atoms with E-state index in [1.165, 1.54) is 0 Å². The first-order chi connectivity index (χ1) is 12.3. The molecule has 0 aliphatic heterocycles. The lowest BCUT2D eigenvalue weighted by molar-refractivity contribution is 0.0729. The highest BCUT2D eigenvalue weighted by molar-refractivity contribution is 5.93. The average Bonchev–Trinajstić information content (AvgIpc) is 2.68. The number of rotatable bonds is 6. The summed E-state index contributed by atoms with van der Waals surface area (Å²) in [6.07, 6.45) is 1.56. The van der Waals surface area contributed by atoms with Gasteiger partial charge in [0.1, 0.15) is 0 Å². The lowest BCUT2D eigenvalue weighted by Crippen LogP contribution is -2.30. The molecule has 0 aliphatic rings. The Bertz CT molecular complexity index is 761. The molecule has 1 aromatic heterocycles. The number of hydrogen-bond donors (Lipinski definition) is 0. The lowest BCUT2D eigenvalue weighted by atomic mass is 10.1. The van der Waals surface area contributed by atoms with E-state index in [1.54, 1.807) is 25.4 Å². The van der Waals surface area contributed by atoms with E-state index in [0.717, 1.165) is 11.1 Å². The Labute approximate surface area is 147 Å². The summed E-state index contributed by atoms with van der Waals surface area (Å²) < 4.78 is 5.06. The second-order valence-corrected chi connectivity index (χ2v) is 5.72. The summed E-state index contributed by atoms with van der Waals surface area (Å²) in [4.78, 5) is 19.0. The van der Waals surface area contributed by atoms with Crippen molar-refractivity contribution in [1.82, 2.24) is 9.88 Å². The molecule has 0 aliphatic carbocycles. The number of hydrogen-bond acceptors (Lipinski definition) is 3. The van der Waals surface area contributed by atoms with Crippen molar-refractivity contribution in [3.8, 4) is 5.88 Å². The summed E-state index contributed by atoms with van der Waals surface area (Å²) in [6.45, 7) is 1.08. The topological polar surface area (TPSA) is 42.4 Å². The second-order valence-electron chi connectivity index (χ2n) is 5.72. The van der Waals surface area contributed by atoms with Crippen molar-refractivity contribution in [3.63, 3.8) is 0 Å². The molecule has 3 rings (SSSR count). The van der Waals surface area contributed by atoms with Crippen LogP contribution in [0.5, 0.6) is 5.88 Å². The molecule has 1 heterocycles. The molecule has 25 heavy (non-hydrogen) atoms. The van der Waals surface area contributed by atoms with Gasteiger partial charge in [-0.3, -0.25) is 4.79 Å². The molecule has 126 valence electrons. The van der Waals surface area contributed by atoms with Crippen LogP contribution in [-0.2, 0) is 13.1 Å². The van der Waals surface area contributed by atoms with Gasteiger partial charge in [0.15, 0.2) is 0 Å². The minimum Gasteiger partial charge on any atom is -0.481 e. The SMILES string of the molecule is COc1ccc(C(=O)N(Cc2ccccc2)Cc2ccccc2)cn1. The van der Waals surface area contributed by atoms with Gasteiger partial charge in [-0.1, -0.05) is 60.7 Å². The van der Waals surface area contributed by atoms with Crippen LogP contribution in [-0.4, -0.2) is 22.9 Å². The first kappa shape index (κ1) is 16.7. The number of nitrogens with zero attached hydrogens (tertiary/aromatic N) is 2. The van der Waals surface area contributed by atoms with Gasteiger partial charge in [-0.05, 0) is 17.2 Å². The lowest BCUT2D eigenvalue weighted by Gasteiger charge is -2.23. The molecule has 0 saturated heterocycles. The fourth-order valence-corrected chi connectivity index (χ4v) is 2.62. The van der Waals surface area contributed by atoms with E-state index in [4.69, 9.17) is 4.74 Å². The van der Waals surface area contributed by atoms with Crippen molar-refractivity contribution >= 4 is 5.91 Å². The second kappa shape index (κ2) is 8.11. The Balaban J connectivity index is 1.84. The van der Waals surface area contributed by atoms with E-state index >= 15 is 0 Å². The van der Waals surface area contributed by atoms with Crippen LogP contribution in [0.15, 0.2) is 79.0 Å². The number of methoxy groups -OCH3 is 1. The zero-order valence-electron chi connectivity index (χ0n) is 14.1. The van der Waals surface area contributed by atoms with E-state index in [9.17, 15) is 4.79 Å². The minimum absolute atomic E-state index is 0.0529. The van der Waals surface area contributed by atoms with Crippen molar-refractivity contribution in [3.05, 3.63) is 95.7 Å². The standard InChI is InChI=1S/C21H20N2O2/c1-25-20-13-12-19(14-22-20)21(24)23(15-17-8-4-2-5-9-17)16-18-10-6-3-7-11-18/h2-14H,15-16H2,1H3. The van der Waals surface area contributed by atoms with Crippen molar-refractivity contribution in [1.29, 1.82) is 0 Å². The molecule has 0 saturated carbocycles. The summed E-state index contributed by atoms with van der Waals surface area (Å²) in [5, 5.41) is 0. The number of pyridine rings is 1. The summed E-state index contributed by atoms with van der Waals surface area (Å²) in [6, 6.07) is 23.4. The molecule has 3 aromatic rings. The van der Waals surface area contributed by atoms with Crippen molar-refractivity contribution in [2.24, 2.45) is 0 Å². The first-order valence-corrected chi connectivity index (χ1v) is 8.13. The van der Waals surface area contributed by atoms with Gasteiger partial charge in [0.05, 0.1) is 12.7 Å².